The van der Waals surface area contributed by atoms with Gasteiger partial charge in [-0.25, -0.2) is 0 Å². The Bertz CT molecular complexity index is 3470. The van der Waals surface area contributed by atoms with E-state index in [1.54, 1.807) is 0 Å². The first-order valence-corrected chi connectivity index (χ1v) is 19.7. The zero-order valence-electron chi connectivity index (χ0n) is 29.8. The van der Waals surface area contributed by atoms with E-state index in [0.29, 0.717) is 0 Å². The molecule has 9 aromatic carbocycles. The predicted octanol–water partition coefficient (Wildman–Crippen LogP) is 14.7. The summed E-state index contributed by atoms with van der Waals surface area (Å²) in [5, 5.41) is 10.2. The Morgan fingerprint density at radius 3 is 1.76 bits per heavy atom. The van der Waals surface area contributed by atoms with E-state index in [0.717, 1.165) is 5.69 Å². The quantitative estimate of drug-likeness (QED) is 0.172. The molecular weight excluding hydrogens is 685 g/mol. The first-order chi connectivity index (χ1) is 27.3. The summed E-state index contributed by atoms with van der Waals surface area (Å²) >= 11 is 1.87. The number of hydrogen-bond acceptors (Lipinski definition) is 1. The van der Waals surface area contributed by atoms with Crippen LogP contribution in [0.4, 0.5) is 0 Å². The van der Waals surface area contributed by atoms with Crippen LogP contribution in [0.15, 0.2) is 194 Å². The summed E-state index contributed by atoms with van der Waals surface area (Å²) in [4.78, 5) is 0. The molecule has 55 heavy (non-hydrogen) atoms. The van der Waals surface area contributed by atoms with Crippen molar-refractivity contribution in [3.05, 3.63) is 194 Å². The predicted molar refractivity (Wildman–Crippen MR) is 236 cm³/mol. The van der Waals surface area contributed by atoms with Crippen LogP contribution >= 0.6 is 11.3 Å². The molecule has 0 aliphatic rings. The third-order valence-electron chi connectivity index (χ3n) is 11.5. The van der Waals surface area contributed by atoms with Gasteiger partial charge in [-0.3, -0.25) is 0 Å². The minimum Gasteiger partial charge on any atom is -0.309 e. The zero-order chi connectivity index (χ0) is 36.0. The van der Waals surface area contributed by atoms with Crippen LogP contribution in [0.1, 0.15) is 0 Å². The van der Waals surface area contributed by atoms with Gasteiger partial charge in [0, 0.05) is 53.1 Å². The Hall–Kier alpha value is -6.94. The van der Waals surface area contributed by atoms with E-state index in [1.165, 1.54) is 102 Å². The van der Waals surface area contributed by atoms with Crippen molar-refractivity contribution in [3.63, 3.8) is 0 Å². The molecule has 0 spiro atoms. The van der Waals surface area contributed by atoms with Crippen LogP contribution in [0.2, 0.25) is 0 Å². The van der Waals surface area contributed by atoms with Crippen molar-refractivity contribution in [1.29, 1.82) is 0 Å². The van der Waals surface area contributed by atoms with E-state index in [-0.39, 0.29) is 0 Å². The van der Waals surface area contributed by atoms with E-state index in [4.69, 9.17) is 0 Å². The van der Waals surface area contributed by atoms with Crippen LogP contribution in [-0.2, 0) is 0 Å². The second kappa shape index (κ2) is 11.8. The van der Waals surface area contributed by atoms with Gasteiger partial charge < -0.3 is 9.13 Å². The fourth-order valence-corrected chi connectivity index (χ4v) is 10.1. The van der Waals surface area contributed by atoms with Crippen LogP contribution in [0.5, 0.6) is 0 Å². The van der Waals surface area contributed by atoms with Crippen LogP contribution in [0.3, 0.4) is 0 Å². The van der Waals surface area contributed by atoms with Crippen molar-refractivity contribution in [2.24, 2.45) is 0 Å². The molecule has 2 nitrogen and oxygen atoms in total. The van der Waals surface area contributed by atoms with Crippen LogP contribution in [0.25, 0.3) is 108 Å². The largest absolute Gasteiger partial charge is 0.309 e. The highest BCUT2D eigenvalue weighted by molar-refractivity contribution is 7.25. The third kappa shape index (κ3) is 4.60. The summed E-state index contributed by atoms with van der Waals surface area (Å²) in [6.45, 7) is 0. The molecule has 0 unspecified atom stereocenters. The maximum Gasteiger partial charge on any atom is 0.0547 e. The second-order valence-corrected chi connectivity index (χ2v) is 15.6. The molecule has 0 amide bonds. The van der Waals surface area contributed by atoms with Gasteiger partial charge in [0.25, 0.3) is 0 Å². The lowest BCUT2D eigenvalue weighted by Crippen LogP contribution is -1.93. The Kier molecular flexibility index (Phi) is 6.54. The first-order valence-electron chi connectivity index (χ1n) is 18.8. The van der Waals surface area contributed by atoms with Crippen LogP contribution in [0, 0.1) is 0 Å². The SMILES string of the molecule is c1ccc(-c2cccc3c2c2cc(-c4ccc5c(c4)c4cc6ccccc6cc4n5-c4ccc5c(c4)sc4ccccc45)ccc2n3-c2ccccc2)cc1. The standard InChI is InChI=1S/C52H32N2S/c1-3-12-33(13-4-1)40-19-11-20-48-52(40)45-30-37(23-27-47(45)53(48)38-16-5-2-6-17-38)36-22-26-46-43(29-36)44-28-34-14-7-8-15-35(34)31-49(44)54(46)39-24-25-42-41-18-9-10-21-50(41)55-51(42)32-39/h1-32H. The highest BCUT2D eigenvalue weighted by Crippen LogP contribution is 2.43. The molecule has 0 aliphatic carbocycles. The average Bonchev–Trinajstić information content (AvgIpc) is 3.90. The zero-order valence-corrected chi connectivity index (χ0v) is 30.6. The molecule has 256 valence electrons. The van der Waals surface area contributed by atoms with Gasteiger partial charge in [-0.1, -0.05) is 121 Å². The van der Waals surface area contributed by atoms with E-state index >= 15 is 0 Å². The number of aromatic nitrogens is 2. The third-order valence-corrected chi connectivity index (χ3v) is 12.6. The molecule has 0 fully saturated rings. The van der Waals surface area contributed by atoms with Crippen molar-refractivity contribution in [2.45, 2.75) is 0 Å². The molecule has 12 rings (SSSR count). The minimum absolute atomic E-state index is 1.16. The maximum absolute atomic E-state index is 2.47. The molecule has 0 N–H and O–H groups in total. The minimum atomic E-state index is 1.16. The molecule has 0 bridgehead atoms. The van der Waals surface area contributed by atoms with E-state index < -0.39 is 0 Å². The normalized spacial score (nSPS) is 12.0. The summed E-state index contributed by atoms with van der Waals surface area (Å²) in [6.07, 6.45) is 0. The molecule has 0 saturated heterocycles. The highest BCUT2D eigenvalue weighted by atomic mass is 32.1. The Morgan fingerprint density at radius 1 is 0.309 bits per heavy atom. The molecule has 0 aliphatic heterocycles. The molecule has 12 aromatic rings. The number of para-hydroxylation sites is 1. The number of fused-ring (bicyclic) bond motifs is 10. The van der Waals surface area contributed by atoms with Gasteiger partial charge >= 0.3 is 0 Å². The van der Waals surface area contributed by atoms with Crippen molar-refractivity contribution in [1.82, 2.24) is 9.13 Å². The van der Waals surface area contributed by atoms with Gasteiger partial charge in [0.05, 0.1) is 22.1 Å². The second-order valence-electron chi connectivity index (χ2n) is 14.5. The summed E-state index contributed by atoms with van der Waals surface area (Å²) in [7, 11) is 0. The topological polar surface area (TPSA) is 9.86 Å². The number of nitrogens with zero attached hydrogens (tertiary/aromatic N) is 2. The van der Waals surface area contributed by atoms with Crippen molar-refractivity contribution in [2.75, 3.05) is 0 Å². The van der Waals surface area contributed by atoms with Crippen molar-refractivity contribution >= 4 is 85.9 Å². The highest BCUT2D eigenvalue weighted by Gasteiger charge is 2.19. The summed E-state index contributed by atoms with van der Waals surface area (Å²) in [6, 6.07) is 71.5. The first kappa shape index (κ1) is 30.5. The molecule has 3 aromatic heterocycles. The lowest BCUT2D eigenvalue weighted by Gasteiger charge is -2.10. The van der Waals surface area contributed by atoms with E-state index in [2.05, 4.69) is 203 Å². The van der Waals surface area contributed by atoms with Gasteiger partial charge in [0.1, 0.15) is 0 Å². The molecular formula is C52H32N2S. The molecule has 0 saturated carbocycles. The maximum atomic E-state index is 2.47. The smallest absolute Gasteiger partial charge is 0.0547 e. The van der Waals surface area contributed by atoms with Gasteiger partial charge in [-0.2, -0.15) is 0 Å². The monoisotopic (exact) mass is 716 g/mol. The van der Waals surface area contributed by atoms with Crippen molar-refractivity contribution < 1.29 is 0 Å². The Morgan fingerprint density at radius 2 is 0.945 bits per heavy atom. The Balaban J connectivity index is 1.11. The van der Waals surface area contributed by atoms with Gasteiger partial charge in [-0.15, -0.1) is 11.3 Å². The lowest BCUT2D eigenvalue weighted by molar-refractivity contribution is 1.18. The fraction of sp³-hybridized carbons (Fsp3) is 0. The molecule has 0 atom stereocenters. The molecule has 3 heteroatoms. The molecule has 3 heterocycles. The lowest BCUT2D eigenvalue weighted by atomic mass is 9.97. The summed E-state index contributed by atoms with van der Waals surface area (Å²) in [5.41, 5.74) is 12.1. The van der Waals surface area contributed by atoms with Crippen LogP contribution < -0.4 is 0 Å². The average molecular weight is 717 g/mol. The van der Waals surface area contributed by atoms with Gasteiger partial charge in [0.2, 0.25) is 0 Å². The number of rotatable bonds is 4. The van der Waals surface area contributed by atoms with Crippen LogP contribution in [-0.4, -0.2) is 9.13 Å². The van der Waals surface area contributed by atoms with E-state index in [1.807, 2.05) is 11.3 Å². The summed E-state index contributed by atoms with van der Waals surface area (Å²) in [5.74, 6) is 0. The number of thiophene rings is 1. The fourth-order valence-electron chi connectivity index (χ4n) is 8.98. The van der Waals surface area contributed by atoms with Gasteiger partial charge in [0.15, 0.2) is 0 Å². The molecule has 0 radical (unpaired) electrons. The van der Waals surface area contributed by atoms with Crippen molar-refractivity contribution in [3.8, 4) is 33.6 Å². The number of benzene rings is 9. The number of hydrogen-bond donors (Lipinski definition) is 0. The van der Waals surface area contributed by atoms with Gasteiger partial charge in [-0.05, 0) is 106 Å². The van der Waals surface area contributed by atoms with E-state index in [9.17, 15) is 0 Å². The summed E-state index contributed by atoms with van der Waals surface area (Å²) < 4.78 is 7.51. The Labute approximate surface area is 321 Å².